The fraction of sp³-hybridized carbons (Fsp3) is 0.200. The van der Waals surface area contributed by atoms with Gasteiger partial charge < -0.3 is 0 Å². The smallest absolute Gasteiger partial charge is 0.199 e. The molecule has 0 atom stereocenters. The van der Waals surface area contributed by atoms with E-state index < -0.39 is 9.84 Å². The highest BCUT2D eigenvalue weighted by molar-refractivity contribution is 7.90. The van der Waals surface area contributed by atoms with E-state index in [-0.39, 0.29) is 4.90 Å². The molecule has 0 amide bonds. The fourth-order valence-electron chi connectivity index (χ4n) is 1.52. The van der Waals surface area contributed by atoms with E-state index in [1.807, 2.05) is 6.92 Å². The van der Waals surface area contributed by atoms with Gasteiger partial charge in [-0.2, -0.15) is 5.10 Å². The standard InChI is InChI=1S/C10H11N3O2S2/c1-7-11-12-10(16)13(7)8-3-5-9(6-4-8)17(2,14)15/h3-6H,1-2H3,(H,12,16). The Hall–Kier alpha value is -1.47. The van der Waals surface area contributed by atoms with E-state index in [0.717, 1.165) is 11.5 Å². The van der Waals surface area contributed by atoms with Crippen molar-refractivity contribution in [2.24, 2.45) is 0 Å². The Kier molecular flexibility index (Phi) is 2.88. The summed E-state index contributed by atoms with van der Waals surface area (Å²) in [7, 11) is -3.17. The summed E-state index contributed by atoms with van der Waals surface area (Å²) in [4.78, 5) is 0.286. The molecule has 17 heavy (non-hydrogen) atoms. The summed E-state index contributed by atoms with van der Waals surface area (Å²) in [6, 6.07) is 6.52. The van der Waals surface area contributed by atoms with Gasteiger partial charge in [0.05, 0.1) is 4.90 Å². The first-order valence-corrected chi connectivity index (χ1v) is 7.14. The normalized spacial score (nSPS) is 11.6. The van der Waals surface area contributed by atoms with Crippen LogP contribution in [-0.4, -0.2) is 29.4 Å². The van der Waals surface area contributed by atoms with Crippen LogP contribution in [0.4, 0.5) is 0 Å². The molecule has 0 bridgehead atoms. The van der Waals surface area contributed by atoms with Crippen molar-refractivity contribution in [1.29, 1.82) is 0 Å². The zero-order chi connectivity index (χ0) is 12.6. The molecule has 7 heteroatoms. The average molecular weight is 269 g/mol. The molecule has 0 saturated heterocycles. The zero-order valence-electron chi connectivity index (χ0n) is 9.34. The predicted molar refractivity (Wildman–Crippen MR) is 66.6 cm³/mol. The van der Waals surface area contributed by atoms with Crippen LogP contribution in [0.15, 0.2) is 29.2 Å². The van der Waals surface area contributed by atoms with Gasteiger partial charge in [0.25, 0.3) is 0 Å². The quantitative estimate of drug-likeness (QED) is 0.842. The highest BCUT2D eigenvalue weighted by Gasteiger charge is 2.08. The first-order chi connectivity index (χ1) is 7.89. The summed E-state index contributed by atoms with van der Waals surface area (Å²) in [5.74, 6) is 0.724. The summed E-state index contributed by atoms with van der Waals surface area (Å²) < 4.78 is 24.9. The van der Waals surface area contributed by atoms with E-state index in [0.29, 0.717) is 4.77 Å². The van der Waals surface area contributed by atoms with Gasteiger partial charge in [-0.25, -0.2) is 8.42 Å². The maximum absolute atomic E-state index is 11.3. The number of hydrogen-bond acceptors (Lipinski definition) is 4. The summed E-state index contributed by atoms with van der Waals surface area (Å²) in [6.07, 6.45) is 1.18. The van der Waals surface area contributed by atoms with E-state index in [9.17, 15) is 8.42 Å². The Morgan fingerprint density at radius 1 is 1.29 bits per heavy atom. The molecule has 0 fully saturated rings. The van der Waals surface area contributed by atoms with E-state index >= 15 is 0 Å². The van der Waals surface area contributed by atoms with Gasteiger partial charge in [-0.15, -0.1) is 0 Å². The lowest BCUT2D eigenvalue weighted by atomic mass is 10.3. The summed E-state index contributed by atoms with van der Waals surface area (Å²) in [6.45, 7) is 1.82. The molecule has 2 aromatic rings. The van der Waals surface area contributed by atoms with Crippen LogP contribution in [0.5, 0.6) is 0 Å². The number of rotatable bonds is 2. The molecule has 1 heterocycles. The average Bonchev–Trinajstić information content (AvgIpc) is 2.58. The van der Waals surface area contributed by atoms with Crippen molar-refractivity contribution in [2.45, 2.75) is 11.8 Å². The molecular formula is C10H11N3O2S2. The molecule has 0 unspecified atom stereocenters. The SMILES string of the molecule is Cc1n[nH]c(=S)n1-c1ccc(S(C)(=O)=O)cc1. The lowest BCUT2D eigenvalue weighted by Crippen LogP contribution is -2.00. The number of hydrogen-bond donors (Lipinski definition) is 1. The Morgan fingerprint density at radius 2 is 1.88 bits per heavy atom. The van der Waals surface area contributed by atoms with Gasteiger partial charge in [0.1, 0.15) is 5.82 Å². The lowest BCUT2D eigenvalue weighted by Gasteiger charge is -2.04. The Balaban J connectivity index is 2.54. The summed E-state index contributed by atoms with van der Waals surface area (Å²) >= 11 is 5.09. The van der Waals surface area contributed by atoms with Crippen LogP contribution in [0.1, 0.15) is 5.82 Å². The number of aromatic nitrogens is 3. The largest absolute Gasteiger partial charge is 0.272 e. The molecule has 0 spiro atoms. The molecule has 1 aromatic carbocycles. The number of benzene rings is 1. The second kappa shape index (κ2) is 4.08. The molecule has 5 nitrogen and oxygen atoms in total. The van der Waals surface area contributed by atoms with Crippen LogP contribution < -0.4 is 0 Å². The molecule has 90 valence electrons. The van der Waals surface area contributed by atoms with E-state index in [2.05, 4.69) is 10.2 Å². The molecule has 1 N–H and O–H groups in total. The molecular weight excluding hydrogens is 258 g/mol. The predicted octanol–water partition coefficient (Wildman–Crippen LogP) is 1.64. The third-order valence-corrected chi connectivity index (χ3v) is 3.77. The molecule has 0 aliphatic rings. The van der Waals surface area contributed by atoms with Crippen molar-refractivity contribution in [2.75, 3.05) is 6.26 Å². The van der Waals surface area contributed by atoms with Crippen molar-refractivity contribution in [3.05, 3.63) is 34.9 Å². The Labute approximate surface area is 104 Å². The van der Waals surface area contributed by atoms with Crippen LogP contribution in [0.2, 0.25) is 0 Å². The molecule has 1 aromatic heterocycles. The maximum Gasteiger partial charge on any atom is 0.199 e. The van der Waals surface area contributed by atoms with Crippen LogP contribution in [0.25, 0.3) is 5.69 Å². The first kappa shape index (κ1) is 12.0. The minimum absolute atomic E-state index is 0.286. The van der Waals surface area contributed by atoms with E-state index in [1.165, 1.54) is 6.26 Å². The molecule has 0 saturated carbocycles. The van der Waals surface area contributed by atoms with Gasteiger partial charge in [-0.3, -0.25) is 9.67 Å². The minimum atomic E-state index is -3.17. The third-order valence-electron chi connectivity index (χ3n) is 2.36. The molecule has 0 radical (unpaired) electrons. The van der Waals surface area contributed by atoms with Crippen molar-refractivity contribution < 1.29 is 8.42 Å². The van der Waals surface area contributed by atoms with Gasteiger partial charge in [0, 0.05) is 11.9 Å². The third kappa shape index (κ3) is 2.29. The molecule has 2 rings (SSSR count). The zero-order valence-corrected chi connectivity index (χ0v) is 11.0. The van der Waals surface area contributed by atoms with Crippen LogP contribution >= 0.6 is 12.2 Å². The van der Waals surface area contributed by atoms with Crippen molar-refractivity contribution in [3.63, 3.8) is 0 Å². The van der Waals surface area contributed by atoms with Crippen LogP contribution in [-0.2, 0) is 9.84 Å². The van der Waals surface area contributed by atoms with Crippen molar-refractivity contribution in [3.8, 4) is 5.69 Å². The van der Waals surface area contributed by atoms with Gasteiger partial charge >= 0.3 is 0 Å². The highest BCUT2D eigenvalue weighted by atomic mass is 32.2. The Morgan fingerprint density at radius 3 is 2.29 bits per heavy atom. The maximum atomic E-state index is 11.3. The molecule has 0 aliphatic heterocycles. The second-order valence-corrected chi connectivity index (χ2v) is 6.08. The van der Waals surface area contributed by atoms with Gasteiger partial charge in [0.2, 0.25) is 0 Å². The minimum Gasteiger partial charge on any atom is -0.272 e. The van der Waals surface area contributed by atoms with Crippen LogP contribution in [0, 0.1) is 11.7 Å². The van der Waals surface area contributed by atoms with Gasteiger partial charge in [0.15, 0.2) is 14.6 Å². The topological polar surface area (TPSA) is 67.8 Å². The second-order valence-electron chi connectivity index (χ2n) is 3.68. The van der Waals surface area contributed by atoms with Gasteiger partial charge in [-0.1, -0.05) is 0 Å². The number of H-pyrrole nitrogens is 1. The van der Waals surface area contributed by atoms with E-state index in [4.69, 9.17) is 12.2 Å². The number of aryl methyl sites for hydroxylation is 1. The highest BCUT2D eigenvalue weighted by Crippen LogP contribution is 2.15. The van der Waals surface area contributed by atoms with Crippen molar-refractivity contribution in [1.82, 2.24) is 14.8 Å². The number of sulfone groups is 1. The number of nitrogens with one attached hydrogen (secondary N) is 1. The van der Waals surface area contributed by atoms with Gasteiger partial charge in [-0.05, 0) is 43.4 Å². The Bertz CT molecular complexity index is 696. The van der Waals surface area contributed by atoms with Crippen LogP contribution in [0.3, 0.4) is 0 Å². The van der Waals surface area contributed by atoms with E-state index in [1.54, 1.807) is 28.8 Å². The number of nitrogens with zero attached hydrogens (tertiary/aromatic N) is 2. The summed E-state index contributed by atoms with van der Waals surface area (Å²) in [5, 5.41) is 6.67. The lowest BCUT2D eigenvalue weighted by molar-refractivity contribution is 0.602. The monoisotopic (exact) mass is 269 g/mol. The fourth-order valence-corrected chi connectivity index (χ4v) is 2.44. The first-order valence-electron chi connectivity index (χ1n) is 4.84. The summed E-state index contributed by atoms with van der Waals surface area (Å²) in [5.41, 5.74) is 0.786. The van der Waals surface area contributed by atoms with Crippen molar-refractivity contribution >= 4 is 22.1 Å². The number of aromatic amines is 1. The molecule has 0 aliphatic carbocycles.